The fraction of sp³-hybridized carbons (Fsp3) is 0.211. The second kappa shape index (κ2) is 9.78. The van der Waals surface area contributed by atoms with E-state index in [1.54, 1.807) is 60.3 Å². The van der Waals surface area contributed by atoms with Gasteiger partial charge in [0, 0.05) is 10.6 Å². The smallest absolute Gasteiger partial charge is 0.257 e. The quantitative estimate of drug-likeness (QED) is 0.375. The first-order valence-corrected chi connectivity index (χ1v) is 12.9. The normalized spacial score (nSPS) is 11.3. The molecule has 0 radical (unpaired) electrons. The second-order valence-electron chi connectivity index (χ2n) is 6.21. The highest BCUT2D eigenvalue weighted by molar-refractivity contribution is 8.01. The number of nitrogens with one attached hydrogen (secondary N) is 1. The van der Waals surface area contributed by atoms with E-state index in [2.05, 4.69) is 15.5 Å². The maximum absolute atomic E-state index is 12.4. The molecule has 0 aliphatic rings. The molecular weight excluding hydrogens is 464 g/mol. The minimum atomic E-state index is -3.52. The summed E-state index contributed by atoms with van der Waals surface area (Å²) in [6.07, 6.45) is 1.14. The summed E-state index contributed by atoms with van der Waals surface area (Å²) in [5.74, 6) is 0.574. The molecule has 0 atom stereocenters. The number of hydrogen-bond acceptors (Lipinski definition) is 7. The minimum Gasteiger partial charge on any atom is -0.296 e. The number of aromatic nitrogens is 2. The van der Waals surface area contributed by atoms with E-state index in [1.807, 2.05) is 6.92 Å². The van der Waals surface area contributed by atoms with Gasteiger partial charge in [-0.1, -0.05) is 59.8 Å². The molecule has 3 aromatic rings. The Morgan fingerprint density at radius 3 is 2.57 bits per heavy atom. The monoisotopic (exact) mass is 482 g/mol. The Labute approximate surface area is 188 Å². The summed E-state index contributed by atoms with van der Waals surface area (Å²) in [6, 6.07) is 13.4. The lowest BCUT2D eigenvalue weighted by atomic mass is 10.1. The summed E-state index contributed by atoms with van der Waals surface area (Å²) in [5.41, 5.74) is 1.64. The molecule has 0 fully saturated rings. The van der Waals surface area contributed by atoms with Crippen molar-refractivity contribution in [1.29, 1.82) is 0 Å². The average Bonchev–Trinajstić information content (AvgIpc) is 3.13. The number of carbonyl (C=O) groups excluding carboxylic acids is 1. The number of benzene rings is 2. The van der Waals surface area contributed by atoms with Crippen molar-refractivity contribution in [2.45, 2.75) is 17.8 Å². The van der Waals surface area contributed by atoms with Crippen LogP contribution in [0, 0.1) is 0 Å². The summed E-state index contributed by atoms with van der Waals surface area (Å²) < 4.78 is 26.6. The van der Waals surface area contributed by atoms with E-state index >= 15 is 0 Å². The van der Waals surface area contributed by atoms with Gasteiger partial charge in [0.1, 0.15) is 0 Å². The van der Waals surface area contributed by atoms with Gasteiger partial charge in [0.05, 0.1) is 18.5 Å². The van der Waals surface area contributed by atoms with E-state index in [0.717, 1.165) is 21.9 Å². The predicted octanol–water partition coefficient (Wildman–Crippen LogP) is 4.52. The van der Waals surface area contributed by atoms with Crippen LogP contribution in [0.25, 0.3) is 0 Å². The Hall–Kier alpha value is -2.14. The molecule has 2 aromatic carbocycles. The molecule has 0 aliphatic heterocycles. The van der Waals surface area contributed by atoms with Crippen molar-refractivity contribution in [2.24, 2.45) is 0 Å². The Morgan fingerprint density at radius 1 is 1.20 bits per heavy atom. The number of carbonyl (C=O) groups is 1. The van der Waals surface area contributed by atoms with Crippen molar-refractivity contribution < 1.29 is 13.2 Å². The molecule has 158 valence electrons. The predicted molar refractivity (Wildman–Crippen MR) is 123 cm³/mol. The van der Waals surface area contributed by atoms with E-state index in [-0.39, 0.29) is 12.5 Å². The molecule has 3 rings (SSSR count). The molecule has 1 aromatic heterocycles. The first kappa shape index (κ1) is 22.5. The van der Waals surface area contributed by atoms with Crippen molar-refractivity contribution >= 4 is 61.4 Å². The molecule has 0 saturated heterocycles. The average molecular weight is 483 g/mol. The van der Waals surface area contributed by atoms with Crippen molar-refractivity contribution in [3.05, 3.63) is 64.7 Å². The zero-order chi connectivity index (χ0) is 21.7. The van der Waals surface area contributed by atoms with Gasteiger partial charge in [-0.05, 0) is 41.6 Å². The summed E-state index contributed by atoms with van der Waals surface area (Å²) in [4.78, 5) is 12.4. The molecule has 30 heavy (non-hydrogen) atoms. The van der Waals surface area contributed by atoms with Crippen LogP contribution in [0.15, 0.2) is 52.9 Å². The summed E-state index contributed by atoms with van der Waals surface area (Å²) in [5, 5.41) is 11.6. The van der Waals surface area contributed by atoms with Gasteiger partial charge in [-0.15, -0.1) is 10.2 Å². The third-order valence-electron chi connectivity index (χ3n) is 3.93. The number of sulfonamides is 1. The van der Waals surface area contributed by atoms with Crippen LogP contribution in [0.2, 0.25) is 5.02 Å². The number of halogens is 1. The third-order valence-corrected chi connectivity index (χ3v) is 7.16. The fourth-order valence-corrected chi connectivity index (χ4v) is 5.28. The van der Waals surface area contributed by atoms with Gasteiger partial charge in [-0.25, -0.2) is 8.42 Å². The van der Waals surface area contributed by atoms with Crippen molar-refractivity contribution in [3.8, 4) is 0 Å². The van der Waals surface area contributed by atoms with Crippen molar-refractivity contribution in [3.63, 3.8) is 0 Å². The first-order valence-electron chi connectivity index (χ1n) is 8.86. The molecule has 11 heteroatoms. The summed E-state index contributed by atoms with van der Waals surface area (Å²) in [6.45, 7) is 2.14. The highest BCUT2D eigenvalue weighted by Gasteiger charge is 2.18. The molecular formula is C19H19ClN4O3S3. The Kier molecular flexibility index (Phi) is 7.35. The van der Waals surface area contributed by atoms with Gasteiger partial charge >= 0.3 is 0 Å². The number of hydrogen-bond donors (Lipinski definition) is 1. The van der Waals surface area contributed by atoms with E-state index in [4.69, 9.17) is 11.6 Å². The SMILES string of the molecule is CCSc1nnc(NC(=O)c2ccc(CN(c3cccc(Cl)c3)S(C)(=O)=O)cc2)s1. The second-order valence-corrected chi connectivity index (χ2v) is 11.0. The van der Waals surface area contributed by atoms with Crippen LogP contribution in [0.5, 0.6) is 0 Å². The van der Waals surface area contributed by atoms with Crippen LogP contribution in [0.3, 0.4) is 0 Å². The highest BCUT2D eigenvalue weighted by Crippen LogP contribution is 2.26. The molecule has 1 N–H and O–H groups in total. The number of rotatable bonds is 8. The van der Waals surface area contributed by atoms with Crippen LogP contribution in [0.4, 0.5) is 10.8 Å². The maximum Gasteiger partial charge on any atom is 0.257 e. The zero-order valence-electron chi connectivity index (χ0n) is 16.2. The van der Waals surface area contributed by atoms with Crippen molar-refractivity contribution in [2.75, 3.05) is 21.6 Å². The van der Waals surface area contributed by atoms with Crippen LogP contribution in [0.1, 0.15) is 22.8 Å². The molecule has 0 saturated carbocycles. The zero-order valence-corrected chi connectivity index (χ0v) is 19.4. The topological polar surface area (TPSA) is 92.3 Å². The standard InChI is InChI=1S/C19H19ClN4O3S3/c1-3-28-19-23-22-18(29-19)21-17(25)14-9-7-13(8-10-14)12-24(30(2,26)27)16-6-4-5-15(20)11-16/h4-11H,3,12H2,1-2H3,(H,21,22,25). The molecule has 0 aliphatic carbocycles. The van der Waals surface area contributed by atoms with E-state index < -0.39 is 10.0 Å². The van der Waals surface area contributed by atoms with E-state index in [0.29, 0.717) is 21.4 Å². The maximum atomic E-state index is 12.4. The lowest BCUT2D eigenvalue weighted by Gasteiger charge is -2.22. The van der Waals surface area contributed by atoms with Crippen LogP contribution in [-0.2, 0) is 16.6 Å². The van der Waals surface area contributed by atoms with Gasteiger partial charge in [-0.2, -0.15) is 0 Å². The Balaban J connectivity index is 1.72. The number of thioether (sulfide) groups is 1. The van der Waals surface area contributed by atoms with Gasteiger partial charge in [0.15, 0.2) is 4.34 Å². The number of amides is 1. The lowest BCUT2D eigenvalue weighted by molar-refractivity contribution is 0.102. The van der Waals surface area contributed by atoms with Gasteiger partial charge in [0.2, 0.25) is 15.2 Å². The minimum absolute atomic E-state index is 0.120. The summed E-state index contributed by atoms with van der Waals surface area (Å²) >= 11 is 8.88. The molecule has 0 unspecified atom stereocenters. The largest absolute Gasteiger partial charge is 0.296 e. The number of anilines is 2. The van der Waals surface area contributed by atoms with Crippen LogP contribution < -0.4 is 9.62 Å². The first-order chi connectivity index (χ1) is 14.3. The van der Waals surface area contributed by atoms with E-state index in [9.17, 15) is 13.2 Å². The Morgan fingerprint density at radius 2 is 1.93 bits per heavy atom. The number of nitrogens with zero attached hydrogens (tertiary/aromatic N) is 3. The molecule has 0 spiro atoms. The Bertz CT molecular complexity index is 1130. The molecule has 1 heterocycles. The third kappa shape index (κ3) is 5.94. The van der Waals surface area contributed by atoms with Gasteiger partial charge < -0.3 is 0 Å². The lowest BCUT2D eigenvalue weighted by Crippen LogP contribution is -2.29. The van der Waals surface area contributed by atoms with Gasteiger partial charge in [-0.3, -0.25) is 14.4 Å². The fourth-order valence-electron chi connectivity index (χ4n) is 2.57. The van der Waals surface area contributed by atoms with Crippen LogP contribution in [-0.4, -0.2) is 36.5 Å². The molecule has 1 amide bonds. The highest BCUT2D eigenvalue weighted by atomic mass is 35.5. The summed E-state index contributed by atoms with van der Waals surface area (Å²) in [7, 11) is -3.52. The van der Waals surface area contributed by atoms with Gasteiger partial charge in [0.25, 0.3) is 5.91 Å². The molecule has 7 nitrogen and oxygen atoms in total. The molecule has 0 bridgehead atoms. The van der Waals surface area contributed by atoms with E-state index in [1.165, 1.54) is 15.6 Å². The van der Waals surface area contributed by atoms with Crippen LogP contribution >= 0.6 is 34.7 Å². The van der Waals surface area contributed by atoms with Crippen molar-refractivity contribution in [1.82, 2.24) is 10.2 Å².